The summed E-state index contributed by atoms with van der Waals surface area (Å²) in [4.78, 5) is 8.75. The number of allylic oxidation sites excluding steroid dienone is 8. The fourth-order valence-corrected chi connectivity index (χ4v) is 2.98. The highest BCUT2D eigenvalue weighted by Gasteiger charge is 2.09. The molecule has 4 nitrogen and oxygen atoms in total. The lowest BCUT2D eigenvalue weighted by molar-refractivity contribution is 0.887. The van der Waals surface area contributed by atoms with Crippen molar-refractivity contribution in [2.75, 3.05) is 19.4 Å². The Hall–Kier alpha value is -3.24. The van der Waals surface area contributed by atoms with Gasteiger partial charge in [-0.3, -0.25) is 9.98 Å². The molecule has 0 radical (unpaired) electrons. The average molecular weight is 505 g/mol. The molecule has 0 bridgehead atoms. The van der Waals surface area contributed by atoms with Gasteiger partial charge in [-0.2, -0.15) is 0 Å². The summed E-state index contributed by atoms with van der Waals surface area (Å²) in [5, 5.41) is 6.10. The molecule has 0 saturated heterocycles. The van der Waals surface area contributed by atoms with Crippen LogP contribution in [0.15, 0.2) is 107 Å². The van der Waals surface area contributed by atoms with Crippen molar-refractivity contribution >= 4 is 17.6 Å². The van der Waals surface area contributed by atoms with Crippen LogP contribution in [0.25, 0.3) is 0 Å². The summed E-state index contributed by atoms with van der Waals surface area (Å²) in [6, 6.07) is 8.47. The van der Waals surface area contributed by atoms with E-state index in [0.717, 1.165) is 41.9 Å². The Labute approximate surface area is 228 Å². The Bertz CT molecular complexity index is 922. The van der Waals surface area contributed by atoms with Crippen molar-refractivity contribution < 1.29 is 0 Å². The normalized spacial score (nSPS) is 14.9. The van der Waals surface area contributed by atoms with Crippen LogP contribution in [0, 0.1) is 0 Å². The molecule has 1 unspecified atom stereocenters. The van der Waals surface area contributed by atoms with Gasteiger partial charge in [0.15, 0.2) is 0 Å². The quantitative estimate of drug-likeness (QED) is 0.200. The van der Waals surface area contributed by atoms with Gasteiger partial charge in [-0.05, 0) is 83.0 Å². The number of nitrogens with one attached hydrogen (secondary N) is 2. The summed E-state index contributed by atoms with van der Waals surface area (Å²) < 4.78 is 0. The maximum atomic E-state index is 4.61. The van der Waals surface area contributed by atoms with E-state index in [2.05, 4.69) is 84.0 Å². The molecule has 4 heteroatoms. The van der Waals surface area contributed by atoms with Gasteiger partial charge in [-0.25, -0.2) is 0 Å². The highest BCUT2D eigenvalue weighted by molar-refractivity contribution is 6.00. The molecular weight excluding hydrogens is 452 g/mol. The van der Waals surface area contributed by atoms with Crippen molar-refractivity contribution in [2.45, 2.75) is 73.6 Å². The van der Waals surface area contributed by atoms with Gasteiger partial charge in [0.05, 0.1) is 11.4 Å². The molecule has 0 saturated carbocycles. The first-order valence-corrected chi connectivity index (χ1v) is 13.4. The van der Waals surface area contributed by atoms with Crippen molar-refractivity contribution in [3.05, 3.63) is 103 Å². The number of rotatable bonds is 9. The Morgan fingerprint density at radius 1 is 1.11 bits per heavy atom. The molecule has 0 amide bonds. The van der Waals surface area contributed by atoms with E-state index in [1.165, 1.54) is 11.1 Å². The second-order valence-corrected chi connectivity index (χ2v) is 7.90. The van der Waals surface area contributed by atoms with E-state index < -0.39 is 0 Å². The maximum Gasteiger partial charge on any atom is 0.0601 e. The van der Waals surface area contributed by atoms with E-state index in [4.69, 9.17) is 0 Å². The molecule has 1 aromatic rings. The molecule has 1 aliphatic heterocycles. The maximum absolute atomic E-state index is 4.61. The zero-order valence-corrected chi connectivity index (χ0v) is 24.9. The Kier molecular flexibility index (Phi) is 23.7. The topological polar surface area (TPSA) is 48.8 Å². The zero-order chi connectivity index (χ0) is 28.5. The molecule has 2 rings (SSSR count). The van der Waals surface area contributed by atoms with Crippen LogP contribution in [0.3, 0.4) is 0 Å². The molecular formula is C33H52N4. The van der Waals surface area contributed by atoms with Crippen LogP contribution in [-0.4, -0.2) is 26.0 Å². The van der Waals surface area contributed by atoms with Crippen LogP contribution in [0.4, 0.5) is 5.69 Å². The standard InChI is InChI=1S/C25H31N3.C4H8.C2H7N.C2H6/c1-6-9-21(7-2)22(8-3)18-27-19(4)20(5)28-25-12-10-23(11-13-25)24-14-16-26-17-15-24;1-3-4-2;1-3-2;1-2/h7,9-14,16-18,24,28H,2,5-6,8,15H2,1,3-4H3;3-4H,1-2H3;3H,1-2H3;1-2H3/b21-9+,22-18+,27-19?;4-3-;;. The van der Waals surface area contributed by atoms with Gasteiger partial charge in [0.25, 0.3) is 0 Å². The predicted molar refractivity (Wildman–Crippen MR) is 171 cm³/mol. The van der Waals surface area contributed by atoms with Gasteiger partial charge in [0.2, 0.25) is 0 Å². The molecule has 0 aliphatic carbocycles. The van der Waals surface area contributed by atoms with Crippen LogP contribution in [-0.2, 0) is 0 Å². The number of benzene rings is 1. The van der Waals surface area contributed by atoms with Crippen LogP contribution in [0.1, 0.15) is 79.2 Å². The number of nitrogens with zero attached hydrogens (tertiary/aromatic N) is 2. The van der Waals surface area contributed by atoms with Crippen molar-refractivity contribution in [1.29, 1.82) is 0 Å². The molecule has 2 N–H and O–H groups in total. The monoisotopic (exact) mass is 504 g/mol. The van der Waals surface area contributed by atoms with E-state index in [9.17, 15) is 0 Å². The fourth-order valence-electron chi connectivity index (χ4n) is 2.98. The van der Waals surface area contributed by atoms with Gasteiger partial charge in [-0.15, -0.1) is 0 Å². The Morgan fingerprint density at radius 2 is 1.70 bits per heavy atom. The molecule has 1 heterocycles. The summed E-state index contributed by atoms with van der Waals surface area (Å²) in [5.74, 6) is 0.408. The first kappa shape index (κ1) is 35.9. The van der Waals surface area contributed by atoms with Gasteiger partial charge in [-0.1, -0.05) is 83.4 Å². The average Bonchev–Trinajstić information content (AvgIpc) is 2.95. The third kappa shape index (κ3) is 16.2. The highest BCUT2D eigenvalue weighted by Crippen LogP contribution is 2.24. The van der Waals surface area contributed by atoms with Crippen molar-refractivity contribution in [2.24, 2.45) is 9.98 Å². The molecule has 0 fully saturated rings. The zero-order valence-electron chi connectivity index (χ0n) is 24.9. The summed E-state index contributed by atoms with van der Waals surface area (Å²) in [6.45, 7) is 22.3. The predicted octanol–water partition coefficient (Wildman–Crippen LogP) is 9.41. The Morgan fingerprint density at radius 3 is 2.14 bits per heavy atom. The summed E-state index contributed by atoms with van der Waals surface area (Å²) in [5.41, 5.74) is 6.29. The van der Waals surface area contributed by atoms with Crippen molar-refractivity contribution in [3.63, 3.8) is 0 Å². The molecule has 1 aromatic carbocycles. The minimum atomic E-state index is 0.408. The summed E-state index contributed by atoms with van der Waals surface area (Å²) in [6.07, 6.45) is 18.8. The largest absolute Gasteiger partial charge is 0.355 e. The van der Waals surface area contributed by atoms with Gasteiger partial charge in [0, 0.05) is 30.2 Å². The van der Waals surface area contributed by atoms with Gasteiger partial charge in [0.1, 0.15) is 0 Å². The van der Waals surface area contributed by atoms with Gasteiger partial charge >= 0.3 is 0 Å². The smallest absolute Gasteiger partial charge is 0.0601 e. The second kappa shape index (κ2) is 24.5. The number of anilines is 1. The third-order valence-electron chi connectivity index (χ3n) is 5.08. The summed E-state index contributed by atoms with van der Waals surface area (Å²) in [7, 11) is 3.75. The highest BCUT2D eigenvalue weighted by atomic mass is 14.9. The van der Waals surface area contributed by atoms with Crippen molar-refractivity contribution in [1.82, 2.24) is 5.32 Å². The second-order valence-electron chi connectivity index (χ2n) is 7.90. The SMILES string of the molecule is C/C=C\C.C=CC(=C\CC)/C(=C/N=C(C)C(=C)Nc1ccc(C2C=CN=CC2)cc1)CC.CC.CNC. The first-order chi connectivity index (χ1) is 17.9. The van der Waals surface area contributed by atoms with E-state index in [1.54, 1.807) is 0 Å². The minimum Gasteiger partial charge on any atom is -0.355 e. The minimum absolute atomic E-state index is 0.408. The first-order valence-electron chi connectivity index (χ1n) is 13.4. The van der Waals surface area contributed by atoms with Crippen LogP contribution in [0.2, 0.25) is 0 Å². The van der Waals surface area contributed by atoms with E-state index >= 15 is 0 Å². The molecule has 0 aromatic heterocycles. The third-order valence-corrected chi connectivity index (χ3v) is 5.08. The molecule has 1 aliphatic rings. The number of hydrogen-bond acceptors (Lipinski definition) is 4. The lowest BCUT2D eigenvalue weighted by Crippen LogP contribution is -2.07. The van der Waals surface area contributed by atoms with E-state index in [-0.39, 0.29) is 0 Å². The lowest BCUT2D eigenvalue weighted by Gasteiger charge is -2.14. The van der Waals surface area contributed by atoms with Gasteiger partial charge < -0.3 is 10.6 Å². The van der Waals surface area contributed by atoms with E-state index in [0.29, 0.717) is 5.92 Å². The van der Waals surface area contributed by atoms with Crippen LogP contribution in [0.5, 0.6) is 0 Å². The van der Waals surface area contributed by atoms with Crippen LogP contribution >= 0.6 is 0 Å². The summed E-state index contributed by atoms with van der Waals surface area (Å²) >= 11 is 0. The molecule has 1 atom stereocenters. The lowest BCUT2D eigenvalue weighted by atomic mass is 9.95. The number of aliphatic imine (C=N–C) groups is 2. The molecule has 0 spiro atoms. The Balaban J connectivity index is 0. The van der Waals surface area contributed by atoms with Crippen LogP contribution < -0.4 is 10.6 Å². The molecule has 37 heavy (non-hydrogen) atoms. The van der Waals surface area contributed by atoms with E-state index in [1.807, 2.05) is 85.6 Å². The molecule has 204 valence electrons. The number of hydrogen-bond donors (Lipinski definition) is 2. The fraction of sp³-hybridized carbons (Fsp3) is 0.394. The van der Waals surface area contributed by atoms with Crippen molar-refractivity contribution in [3.8, 4) is 0 Å².